The van der Waals surface area contributed by atoms with Crippen LogP contribution in [0.2, 0.25) is 0 Å². The van der Waals surface area contributed by atoms with Crippen molar-refractivity contribution < 1.29 is 0 Å². The molecule has 0 saturated heterocycles. The van der Waals surface area contributed by atoms with E-state index in [9.17, 15) is 0 Å². The molecule has 10 aromatic carbocycles. The topological polar surface area (TPSA) is 9.86 Å². The van der Waals surface area contributed by atoms with Gasteiger partial charge in [0.15, 0.2) is 8.07 Å². The van der Waals surface area contributed by atoms with Gasteiger partial charge in [0, 0.05) is 53.0 Å². The van der Waals surface area contributed by atoms with Crippen LogP contribution < -0.4 is 20.7 Å². The Kier molecular flexibility index (Phi) is 8.45. The van der Waals surface area contributed by atoms with Gasteiger partial charge < -0.3 is 9.13 Å². The normalized spacial score (nSPS) is 12.1. The number of rotatable bonds is 7. The standard InChI is InChI=1S/C60H40N2SSi/c1-4-20-43(21-5-1)64(44-22-6-2-7-23-44,45-24-8-3-9-25-45)46-26-16-19-42(40-46)61-54-33-14-11-29-51(54)59-55(61)34-18-35-56(59)62-53-32-13-10-27-48(53)50-31-17-30-47(60(50)62)41-37-38-58-52(39-41)49-28-12-15-36-57(49)63-58/h1-40H. The highest BCUT2D eigenvalue weighted by molar-refractivity contribution is 7.25. The van der Waals surface area contributed by atoms with Crippen LogP contribution in [0.3, 0.4) is 0 Å². The van der Waals surface area contributed by atoms with Gasteiger partial charge in [-0.05, 0) is 80.9 Å². The van der Waals surface area contributed by atoms with Gasteiger partial charge in [0.25, 0.3) is 0 Å². The SMILES string of the molecule is c1ccc([Si](c2ccccc2)(c2ccccc2)c2cccc(-n3c4ccccc4c4c(-n5c6ccccc6c6cccc(-c7ccc8sc9ccccc9c8c7)c65)cccc43)c2)cc1. The third-order valence-electron chi connectivity index (χ3n) is 13.5. The van der Waals surface area contributed by atoms with Gasteiger partial charge in [0.05, 0.1) is 27.8 Å². The molecule has 0 aliphatic carbocycles. The van der Waals surface area contributed by atoms with Crippen LogP contribution in [0.5, 0.6) is 0 Å². The van der Waals surface area contributed by atoms with Crippen LogP contribution in [-0.4, -0.2) is 17.2 Å². The minimum absolute atomic E-state index is 1.15. The lowest BCUT2D eigenvalue weighted by Gasteiger charge is -2.34. The molecule has 13 rings (SSSR count). The summed E-state index contributed by atoms with van der Waals surface area (Å²) in [6, 6.07) is 90.5. The first-order chi connectivity index (χ1) is 31.8. The Morgan fingerprint density at radius 3 is 1.58 bits per heavy atom. The summed E-state index contributed by atoms with van der Waals surface area (Å²) < 4.78 is 7.69. The summed E-state index contributed by atoms with van der Waals surface area (Å²) in [7, 11) is -2.78. The van der Waals surface area contributed by atoms with Gasteiger partial charge in [0.1, 0.15) is 0 Å². The van der Waals surface area contributed by atoms with Crippen molar-refractivity contribution >= 4 is 104 Å². The molecular formula is C60H40N2SSi. The first-order valence-corrected chi connectivity index (χ1v) is 24.8. The van der Waals surface area contributed by atoms with Crippen LogP contribution in [0, 0.1) is 0 Å². The molecule has 0 saturated carbocycles. The Bertz CT molecular complexity index is 3800. The third-order valence-corrected chi connectivity index (χ3v) is 19.4. The maximum Gasteiger partial charge on any atom is 0.179 e. The lowest BCUT2D eigenvalue weighted by Crippen LogP contribution is -2.74. The van der Waals surface area contributed by atoms with E-state index in [0.717, 1.165) is 5.69 Å². The summed E-state index contributed by atoms with van der Waals surface area (Å²) in [6.07, 6.45) is 0. The largest absolute Gasteiger partial charge is 0.309 e. The van der Waals surface area contributed by atoms with Gasteiger partial charge in [-0.2, -0.15) is 0 Å². The van der Waals surface area contributed by atoms with Crippen LogP contribution in [0.15, 0.2) is 243 Å². The van der Waals surface area contributed by atoms with E-state index >= 15 is 0 Å². The highest BCUT2D eigenvalue weighted by atomic mass is 32.1. The maximum atomic E-state index is 2.55. The fraction of sp³-hybridized carbons (Fsp3) is 0. The molecule has 0 unspecified atom stereocenters. The quantitative estimate of drug-likeness (QED) is 0.112. The monoisotopic (exact) mass is 848 g/mol. The zero-order chi connectivity index (χ0) is 42.2. The first kappa shape index (κ1) is 36.9. The molecule has 0 radical (unpaired) electrons. The highest BCUT2D eigenvalue weighted by Gasteiger charge is 2.41. The zero-order valence-corrected chi connectivity index (χ0v) is 36.7. The van der Waals surface area contributed by atoms with E-state index < -0.39 is 8.07 Å². The second kappa shape index (κ2) is 14.7. The number of hydrogen-bond donors (Lipinski definition) is 0. The van der Waals surface area contributed by atoms with Crippen LogP contribution >= 0.6 is 11.3 Å². The van der Waals surface area contributed by atoms with Crippen molar-refractivity contribution in [3.63, 3.8) is 0 Å². The Hall–Kier alpha value is -7.76. The summed E-state index contributed by atoms with van der Waals surface area (Å²) in [5.74, 6) is 0. The first-order valence-electron chi connectivity index (χ1n) is 22.0. The molecule has 0 bridgehead atoms. The summed E-state index contributed by atoms with van der Waals surface area (Å²) in [4.78, 5) is 0. The fourth-order valence-electron chi connectivity index (χ4n) is 10.8. The number of hydrogen-bond acceptors (Lipinski definition) is 1. The van der Waals surface area contributed by atoms with E-state index in [0.29, 0.717) is 0 Å². The van der Waals surface area contributed by atoms with Crippen molar-refractivity contribution in [3.8, 4) is 22.5 Å². The third kappa shape index (κ3) is 5.43. The van der Waals surface area contributed by atoms with E-state index in [1.54, 1.807) is 0 Å². The maximum absolute atomic E-state index is 2.78. The fourth-order valence-corrected chi connectivity index (χ4v) is 16.7. The van der Waals surface area contributed by atoms with E-state index in [1.165, 1.54) is 101 Å². The lowest BCUT2D eigenvalue weighted by atomic mass is 10.00. The molecule has 0 atom stereocenters. The van der Waals surface area contributed by atoms with E-state index in [1.807, 2.05) is 11.3 Å². The van der Waals surface area contributed by atoms with Crippen molar-refractivity contribution in [2.24, 2.45) is 0 Å². The zero-order valence-electron chi connectivity index (χ0n) is 34.9. The van der Waals surface area contributed by atoms with E-state index in [-0.39, 0.29) is 0 Å². The number of para-hydroxylation sites is 3. The molecule has 0 aliphatic heterocycles. The Balaban J connectivity index is 1.08. The van der Waals surface area contributed by atoms with Crippen LogP contribution in [0.25, 0.3) is 86.3 Å². The molecule has 3 aromatic heterocycles. The second-order valence-electron chi connectivity index (χ2n) is 16.8. The Morgan fingerprint density at radius 1 is 0.328 bits per heavy atom. The average molecular weight is 849 g/mol. The number of benzene rings is 10. The van der Waals surface area contributed by atoms with Crippen molar-refractivity contribution in [1.82, 2.24) is 9.13 Å². The molecule has 0 fully saturated rings. The molecule has 0 N–H and O–H groups in total. The number of nitrogens with zero attached hydrogens (tertiary/aromatic N) is 2. The molecule has 0 amide bonds. The predicted molar refractivity (Wildman–Crippen MR) is 277 cm³/mol. The van der Waals surface area contributed by atoms with Gasteiger partial charge in [-0.1, -0.05) is 188 Å². The predicted octanol–water partition coefficient (Wildman–Crippen LogP) is 13.3. The number of fused-ring (bicyclic) bond motifs is 9. The number of aromatic nitrogens is 2. The molecule has 0 aliphatic rings. The van der Waals surface area contributed by atoms with Crippen LogP contribution in [0.1, 0.15) is 0 Å². The molecule has 4 heteroatoms. The minimum Gasteiger partial charge on any atom is -0.309 e. The second-order valence-corrected chi connectivity index (χ2v) is 21.7. The molecule has 64 heavy (non-hydrogen) atoms. The van der Waals surface area contributed by atoms with Gasteiger partial charge in [-0.25, -0.2) is 0 Å². The van der Waals surface area contributed by atoms with Gasteiger partial charge in [0.2, 0.25) is 0 Å². The minimum atomic E-state index is -2.78. The van der Waals surface area contributed by atoms with E-state index in [2.05, 4.69) is 252 Å². The van der Waals surface area contributed by atoms with Gasteiger partial charge in [-0.15, -0.1) is 11.3 Å². The van der Waals surface area contributed by atoms with Crippen molar-refractivity contribution in [3.05, 3.63) is 243 Å². The molecule has 0 spiro atoms. The highest BCUT2D eigenvalue weighted by Crippen LogP contribution is 2.44. The summed E-state index contributed by atoms with van der Waals surface area (Å²) in [5, 5.41) is 13.0. The summed E-state index contributed by atoms with van der Waals surface area (Å²) in [6.45, 7) is 0. The molecular weight excluding hydrogens is 809 g/mol. The average Bonchev–Trinajstić information content (AvgIpc) is 4.03. The smallest absolute Gasteiger partial charge is 0.179 e. The van der Waals surface area contributed by atoms with Crippen LogP contribution in [-0.2, 0) is 0 Å². The molecule has 13 aromatic rings. The molecule has 300 valence electrons. The van der Waals surface area contributed by atoms with Crippen molar-refractivity contribution in [2.45, 2.75) is 0 Å². The van der Waals surface area contributed by atoms with E-state index in [4.69, 9.17) is 0 Å². The summed E-state index contributed by atoms with van der Waals surface area (Å²) in [5.41, 5.74) is 9.55. The number of thiophene rings is 1. The van der Waals surface area contributed by atoms with Crippen molar-refractivity contribution in [1.29, 1.82) is 0 Å². The van der Waals surface area contributed by atoms with Crippen LogP contribution in [0.4, 0.5) is 0 Å². The molecule has 2 nitrogen and oxygen atoms in total. The van der Waals surface area contributed by atoms with Gasteiger partial charge in [-0.3, -0.25) is 0 Å². The molecule has 3 heterocycles. The Labute approximate surface area is 376 Å². The van der Waals surface area contributed by atoms with Crippen molar-refractivity contribution in [2.75, 3.05) is 0 Å². The van der Waals surface area contributed by atoms with Gasteiger partial charge >= 0.3 is 0 Å². The lowest BCUT2D eigenvalue weighted by molar-refractivity contribution is 1.17. The summed E-state index contributed by atoms with van der Waals surface area (Å²) >= 11 is 1.87. The Morgan fingerprint density at radius 2 is 0.859 bits per heavy atom.